The molecule has 144 valence electrons. The molecule has 0 heterocycles. The maximum atomic E-state index is 13.3. The van der Waals surface area contributed by atoms with Crippen LogP contribution in [0, 0.1) is 11.6 Å². The summed E-state index contributed by atoms with van der Waals surface area (Å²) in [7, 11) is -2.61. The number of hydrogen-bond acceptors (Lipinski definition) is 5. The fourth-order valence-corrected chi connectivity index (χ4v) is 3.69. The smallest absolute Gasteiger partial charge is 0.328 e. The van der Waals surface area contributed by atoms with E-state index in [1.165, 1.54) is 12.1 Å². The number of amides is 1. The van der Waals surface area contributed by atoms with Crippen LogP contribution >= 0.6 is 0 Å². The van der Waals surface area contributed by atoms with E-state index in [1.54, 1.807) is 18.2 Å². The summed E-state index contributed by atoms with van der Waals surface area (Å²) >= 11 is 0. The van der Waals surface area contributed by atoms with Crippen LogP contribution in [0.25, 0.3) is 0 Å². The minimum Gasteiger partial charge on any atom is -0.467 e. The number of rotatable bonds is 7. The van der Waals surface area contributed by atoms with Gasteiger partial charge in [0.1, 0.15) is 17.7 Å². The Morgan fingerprint density at radius 2 is 1.67 bits per heavy atom. The molecule has 1 amide bonds. The van der Waals surface area contributed by atoms with Crippen molar-refractivity contribution in [2.45, 2.75) is 17.4 Å². The van der Waals surface area contributed by atoms with E-state index in [0.29, 0.717) is 6.07 Å². The summed E-state index contributed by atoms with van der Waals surface area (Å²) in [6.45, 7) is 0. The standard InChI is InChI=1S/C18H17F2NO5S/c1-26-18(23)16(7-8-27(24,25)15-5-3-2-4-6-15)21-17(22)12-9-13(19)11-14(20)10-12/h2-6,9-11,16H,7-8H2,1H3,(H,21,22)/t16-/m1/s1. The lowest BCUT2D eigenvalue weighted by Crippen LogP contribution is -2.42. The lowest BCUT2D eigenvalue weighted by atomic mass is 10.1. The Labute approximate surface area is 155 Å². The fraction of sp³-hybridized carbons (Fsp3) is 0.222. The van der Waals surface area contributed by atoms with E-state index in [1.807, 2.05) is 0 Å². The van der Waals surface area contributed by atoms with Crippen LogP contribution in [0.5, 0.6) is 0 Å². The normalized spacial score (nSPS) is 12.3. The SMILES string of the molecule is COC(=O)[C@@H](CCS(=O)(=O)c1ccccc1)NC(=O)c1cc(F)cc(F)c1. The monoisotopic (exact) mass is 397 g/mol. The molecule has 0 aromatic heterocycles. The highest BCUT2D eigenvalue weighted by Gasteiger charge is 2.26. The molecule has 2 rings (SSSR count). The van der Waals surface area contributed by atoms with E-state index < -0.39 is 45.1 Å². The fourth-order valence-electron chi connectivity index (χ4n) is 2.34. The van der Waals surface area contributed by atoms with Crippen LogP contribution in [0.2, 0.25) is 0 Å². The third-order valence-electron chi connectivity index (χ3n) is 3.69. The van der Waals surface area contributed by atoms with E-state index in [0.717, 1.165) is 19.2 Å². The predicted octanol–water partition coefficient (Wildman–Crippen LogP) is 2.10. The molecule has 0 spiro atoms. The third kappa shape index (κ3) is 5.58. The molecule has 1 atom stereocenters. The number of carbonyl (C=O) groups is 2. The number of ether oxygens (including phenoxy) is 1. The number of benzene rings is 2. The first-order valence-electron chi connectivity index (χ1n) is 7.85. The molecule has 27 heavy (non-hydrogen) atoms. The number of esters is 1. The van der Waals surface area contributed by atoms with Gasteiger partial charge in [-0.25, -0.2) is 22.0 Å². The molecule has 2 aromatic rings. The summed E-state index contributed by atoms with van der Waals surface area (Å²) in [6, 6.07) is 8.51. The molecule has 0 saturated heterocycles. The quantitative estimate of drug-likeness (QED) is 0.723. The van der Waals surface area contributed by atoms with Crippen LogP contribution < -0.4 is 5.32 Å². The first-order valence-corrected chi connectivity index (χ1v) is 9.51. The van der Waals surface area contributed by atoms with Crippen LogP contribution in [0.3, 0.4) is 0 Å². The zero-order valence-electron chi connectivity index (χ0n) is 14.3. The number of methoxy groups -OCH3 is 1. The van der Waals surface area contributed by atoms with Gasteiger partial charge in [-0.15, -0.1) is 0 Å². The number of hydrogen-bond donors (Lipinski definition) is 1. The lowest BCUT2D eigenvalue weighted by molar-refractivity contribution is -0.142. The number of nitrogens with one attached hydrogen (secondary N) is 1. The maximum Gasteiger partial charge on any atom is 0.328 e. The van der Waals surface area contributed by atoms with E-state index in [-0.39, 0.29) is 16.9 Å². The van der Waals surface area contributed by atoms with Crippen molar-refractivity contribution in [3.8, 4) is 0 Å². The van der Waals surface area contributed by atoms with E-state index in [2.05, 4.69) is 10.1 Å². The second-order valence-electron chi connectivity index (χ2n) is 5.63. The van der Waals surface area contributed by atoms with Gasteiger partial charge in [-0.1, -0.05) is 18.2 Å². The van der Waals surface area contributed by atoms with E-state index in [9.17, 15) is 26.8 Å². The first-order chi connectivity index (χ1) is 12.7. The van der Waals surface area contributed by atoms with Crippen molar-refractivity contribution < 1.29 is 31.5 Å². The highest BCUT2D eigenvalue weighted by atomic mass is 32.2. The summed E-state index contributed by atoms with van der Waals surface area (Å²) in [5, 5.41) is 2.25. The summed E-state index contributed by atoms with van der Waals surface area (Å²) in [5.74, 6) is -4.15. The van der Waals surface area contributed by atoms with Gasteiger partial charge in [0.05, 0.1) is 17.8 Å². The minimum atomic E-state index is -3.69. The summed E-state index contributed by atoms with van der Waals surface area (Å²) < 4.78 is 55.7. The van der Waals surface area contributed by atoms with Gasteiger partial charge in [0.2, 0.25) is 0 Å². The predicted molar refractivity (Wildman–Crippen MR) is 92.7 cm³/mol. The molecule has 0 fully saturated rings. The van der Waals surface area contributed by atoms with Gasteiger partial charge >= 0.3 is 5.97 Å². The third-order valence-corrected chi connectivity index (χ3v) is 5.46. The Morgan fingerprint density at radius 1 is 1.07 bits per heavy atom. The van der Waals surface area contributed by atoms with E-state index >= 15 is 0 Å². The Morgan fingerprint density at radius 3 is 2.22 bits per heavy atom. The number of sulfone groups is 1. The molecular formula is C18H17F2NO5S. The van der Waals surface area contributed by atoms with Gasteiger partial charge in [-0.3, -0.25) is 4.79 Å². The van der Waals surface area contributed by atoms with Crippen molar-refractivity contribution >= 4 is 21.7 Å². The van der Waals surface area contributed by atoms with Crippen molar-refractivity contribution in [1.82, 2.24) is 5.32 Å². The molecular weight excluding hydrogens is 380 g/mol. The van der Waals surface area contributed by atoms with Crippen molar-refractivity contribution in [1.29, 1.82) is 0 Å². The van der Waals surface area contributed by atoms with Crippen LogP contribution in [-0.2, 0) is 19.4 Å². The molecule has 1 N–H and O–H groups in total. The van der Waals surface area contributed by atoms with Crippen LogP contribution in [0.1, 0.15) is 16.8 Å². The molecule has 0 aliphatic rings. The summed E-state index contributed by atoms with van der Waals surface area (Å²) in [5.41, 5.74) is -0.340. The average Bonchev–Trinajstić information content (AvgIpc) is 2.64. The first kappa shape index (κ1) is 20.5. The molecule has 0 bridgehead atoms. The molecule has 2 aromatic carbocycles. The zero-order valence-corrected chi connectivity index (χ0v) is 15.1. The Balaban J connectivity index is 2.14. The maximum absolute atomic E-state index is 13.3. The number of carbonyl (C=O) groups excluding carboxylic acids is 2. The largest absolute Gasteiger partial charge is 0.467 e. The van der Waals surface area contributed by atoms with Gasteiger partial charge in [0.25, 0.3) is 5.91 Å². The second kappa shape index (κ2) is 8.72. The minimum absolute atomic E-state index is 0.0761. The van der Waals surface area contributed by atoms with Crippen LogP contribution in [0.15, 0.2) is 53.4 Å². The van der Waals surface area contributed by atoms with Gasteiger partial charge in [-0.05, 0) is 30.7 Å². The van der Waals surface area contributed by atoms with Crippen LogP contribution in [0.4, 0.5) is 8.78 Å². The summed E-state index contributed by atoms with van der Waals surface area (Å²) in [4.78, 5) is 24.1. The number of halogens is 2. The van der Waals surface area contributed by atoms with Crippen molar-refractivity contribution in [2.75, 3.05) is 12.9 Å². The van der Waals surface area contributed by atoms with Gasteiger partial charge in [0.15, 0.2) is 9.84 Å². The zero-order chi connectivity index (χ0) is 20.0. The van der Waals surface area contributed by atoms with Crippen molar-refractivity contribution in [3.05, 3.63) is 65.7 Å². The van der Waals surface area contributed by atoms with Gasteiger partial charge in [-0.2, -0.15) is 0 Å². The molecule has 0 aliphatic carbocycles. The lowest BCUT2D eigenvalue weighted by Gasteiger charge is -2.16. The van der Waals surface area contributed by atoms with Crippen molar-refractivity contribution in [3.63, 3.8) is 0 Å². The average molecular weight is 397 g/mol. The van der Waals surface area contributed by atoms with Gasteiger partial charge in [0, 0.05) is 11.6 Å². The van der Waals surface area contributed by atoms with Gasteiger partial charge < -0.3 is 10.1 Å². The molecule has 0 aliphatic heterocycles. The highest BCUT2D eigenvalue weighted by Crippen LogP contribution is 2.13. The molecule has 0 unspecified atom stereocenters. The molecule has 0 radical (unpaired) electrons. The Bertz CT molecular complexity index is 912. The Hall–Kier alpha value is -2.81. The Kier molecular flexibility index (Phi) is 6.62. The summed E-state index contributed by atoms with van der Waals surface area (Å²) in [6.07, 6.45) is -0.270. The van der Waals surface area contributed by atoms with Crippen LogP contribution in [-0.4, -0.2) is 39.2 Å². The molecule has 6 nitrogen and oxygen atoms in total. The highest BCUT2D eigenvalue weighted by molar-refractivity contribution is 7.91. The molecule has 0 saturated carbocycles. The topological polar surface area (TPSA) is 89.5 Å². The second-order valence-corrected chi connectivity index (χ2v) is 7.74. The molecule has 9 heteroatoms. The van der Waals surface area contributed by atoms with E-state index in [4.69, 9.17) is 0 Å². The van der Waals surface area contributed by atoms with Crippen molar-refractivity contribution in [2.24, 2.45) is 0 Å².